The maximum Gasteiger partial charge on any atom is 0.416 e. The number of aromatic nitrogens is 2. The van der Waals surface area contributed by atoms with Gasteiger partial charge in [0.1, 0.15) is 0 Å². The lowest BCUT2D eigenvalue weighted by Crippen LogP contribution is -2.05. The molecule has 10 heteroatoms. The average molecular weight is 865 g/mol. The zero-order valence-corrected chi connectivity index (χ0v) is 35.0. The monoisotopic (exact) mass is 864 g/mol. The number of hydrogen-bond donors (Lipinski definition) is 0. The quantitative estimate of drug-likeness (QED) is 0.125. The number of hydrogen-bond acceptors (Lipinski definition) is 1. The van der Waals surface area contributed by atoms with E-state index in [1.165, 1.54) is 0 Å². The number of nitriles is 1. The van der Waals surface area contributed by atoms with Crippen molar-refractivity contribution < 1.29 is 26.3 Å². The lowest BCUT2D eigenvalue weighted by molar-refractivity contribution is -0.138. The zero-order valence-electron chi connectivity index (χ0n) is 35.0. The summed E-state index contributed by atoms with van der Waals surface area (Å²) in [7, 11) is 0. The predicted octanol–water partition coefficient (Wildman–Crippen LogP) is 16.3. The molecule has 2 aromatic heterocycles. The molecule has 0 saturated carbocycles. The van der Waals surface area contributed by atoms with Crippen molar-refractivity contribution in [1.29, 1.82) is 5.26 Å². The normalized spacial score (nSPS) is 12.0. The summed E-state index contributed by atoms with van der Waals surface area (Å²) in [5, 5.41) is 13.3. The number of benzene rings is 8. The summed E-state index contributed by atoms with van der Waals surface area (Å²) >= 11 is 0. The smallest absolute Gasteiger partial charge is 0.319 e. The molecule has 316 valence electrons. The van der Waals surface area contributed by atoms with Gasteiger partial charge in [0.25, 0.3) is 0 Å². The molecule has 4 nitrogen and oxygen atoms in total. The van der Waals surface area contributed by atoms with Gasteiger partial charge in [0.05, 0.1) is 62.8 Å². The van der Waals surface area contributed by atoms with E-state index in [0.29, 0.717) is 67.0 Å². The van der Waals surface area contributed by atoms with E-state index in [1.54, 1.807) is 50.2 Å². The summed E-state index contributed by atoms with van der Waals surface area (Å²) in [6.45, 7) is 14.2. The van der Waals surface area contributed by atoms with Gasteiger partial charge in [-0.25, -0.2) is 4.85 Å². The van der Waals surface area contributed by atoms with Crippen molar-refractivity contribution in [3.8, 4) is 50.8 Å². The van der Waals surface area contributed by atoms with Crippen LogP contribution < -0.4 is 0 Å². The van der Waals surface area contributed by atoms with Gasteiger partial charge >= 0.3 is 12.4 Å². The van der Waals surface area contributed by atoms with Crippen molar-refractivity contribution in [1.82, 2.24) is 9.13 Å². The fourth-order valence-electron chi connectivity index (χ4n) is 9.35. The molecule has 65 heavy (non-hydrogen) atoms. The number of fused-ring (bicyclic) bond motifs is 6. The van der Waals surface area contributed by atoms with Crippen LogP contribution in [0.4, 0.5) is 32.0 Å². The molecule has 0 bridgehead atoms. The van der Waals surface area contributed by atoms with E-state index in [-0.39, 0.29) is 5.69 Å². The average Bonchev–Trinajstić information content (AvgIpc) is 3.79. The van der Waals surface area contributed by atoms with Gasteiger partial charge in [-0.2, -0.15) is 31.6 Å². The lowest BCUT2D eigenvalue weighted by Gasteiger charge is -2.20. The van der Waals surface area contributed by atoms with Crippen LogP contribution in [0, 0.1) is 38.7 Å². The second-order valence-corrected chi connectivity index (χ2v) is 16.5. The van der Waals surface area contributed by atoms with Gasteiger partial charge in [-0.05, 0) is 150 Å². The Balaban J connectivity index is 1.27. The highest BCUT2D eigenvalue weighted by Crippen LogP contribution is 2.47. The minimum absolute atomic E-state index is 0.281. The van der Waals surface area contributed by atoms with Crippen molar-refractivity contribution in [2.45, 2.75) is 33.1 Å². The van der Waals surface area contributed by atoms with Crippen LogP contribution in [0.5, 0.6) is 0 Å². The predicted molar refractivity (Wildman–Crippen MR) is 247 cm³/mol. The summed E-state index contributed by atoms with van der Waals surface area (Å²) in [4.78, 5) is 4.31. The Bertz CT molecular complexity index is 3700. The number of halogens is 6. The Labute approximate surface area is 369 Å². The summed E-state index contributed by atoms with van der Waals surface area (Å²) in [6.07, 6.45) is -9.05. The molecule has 0 unspecified atom stereocenters. The van der Waals surface area contributed by atoms with Crippen LogP contribution in [0.3, 0.4) is 0 Å². The third-order valence-electron chi connectivity index (χ3n) is 12.0. The van der Waals surface area contributed by atoms with Gasteiger partial charge in [-0.1, -0.05) is 72.8 Å². The minimum atomic E-state index is -4.53. The maximum absolute atomic E-state index is 14.0. The van der Waals surface area contributed by atoms with E-state index in [4.69, 9.17) is 6.57 Å². The second-order valence-electron chi connectivity index (χ2n) is 16.5. The first kappa shape index (κ1) is 41.0. The standard InChI is InChI=1S/C55H34F6N4/c1-31-19-34(30-62)25-39(22-31)42-15-18-51(64-47-11-7-5-9-43(47)45-28-35(13-16-49(45)64)37-20-32(2)23-40(26-37)54(56,57)58)52(63-4)53(42)65-48-12-8-6-10-44(48)46-29-36(14-17-50(46)65)38-21-33(3)24-41(27-38)55(59,60)61/h5-29H,1-3H3. The molecule has 0 saturated heterocycles. The van der Waals surface area contributed by atoms with E-state index in [2.05, 4.69) is 10.9 Å². The highest BCUT2D eigenvalue weighted by Gasteiger charge is 2.32. The highest BCUT2D eigenvalue weighted by atomic mass is 19.4. The fraction of sp³-hybridized carbons (Fsp3) is 0.0909. The second kappa shape index (κ2) is 15.0. The topological polar surface area (TPSA) is 38.0 Å². The van der Waals surface area contributed by atoms with Crippen LogP contribution in [0.15, 0.2) is 152 Å². The summed E-state index contributed by atoms with van der Waals surface area (Å²) < 4.78 is 88.0. The molecule has 10 aromatic rings. The van der Waals surface area contributed by atoms with Crippen LogP contribution in [-0.2, 0) is 12.4 Å². The molecule has 0 N–H and O–H groups in total. The minimum Gasteiger partial charge on any atom is -0.319 e. The van der Waals surface area contributed by atoms with Crippen molar-refractivity contribution in [3.05, 3.63) is 196 Å². The van der Waals surface area contributed by atoms with Crippen molar-refractivity contribution in [3.63, 3.8) is 0 Å². The molecule has 0 spiro atoms. The molecule has 10 rings (SSSR count). The summed E-state index contributed by atoms with van der Waals surface area (Å²) in [5.74, 6) is 0. The first-order valence-electron chi connectivity index (χ1n) is 20.6. The van der Waals surface area contributed by atoms with Crippen LogP contribution in [0.2, 0.25) is 0 Å². The van der Waals surface area contributed by atoms with Gasteiger partial charge in [0.2, 0.25) is 5.69 Å². The van der Waals surface area contributed by atoms with Gasteiger partial charge in [0, 0.05) is 21.5 Å². The number of aryl methyl sites for hydroxylation is 3. The van der Waals surface area contributed by atoms with E-state index in [1.807, 2.05) is 107 Å². The Hall–Kier alpha value is -8.08. The zero-order chi connectivity index (χ0) is 45.5. The molecular formula is C55H34F6N4. The van der Waals surface area contributed by atoms with Crippen molar-refractivity contribution in [2.75, 3.05) is 0 Å². The van der Waals surface area contributed by atoms with E-state index >= 15 is 0 Å². The highest BCUT2D eigenvalue weighted by molar-refractivity contribution is 6.14. The van der Waals surface area contributed by atoms with Crippen LogP contribution >= 0.6 is 0 Å². The molecule has 0 aliphatic rings. The molecular weight excluding hydrogens is 831 g/mol. The Morgan fingerprint density at radius 2 is 0.954 bits per heavy atom. The Morgan fingerprint density at radius 1 is 0.477 bits per heavy atom. The lowest BCUT2D eigenvalue weighted by atomic mass is 9.97. The molecule has 0 atom stereocenters. The Morgan fingerprint density at radius 3 is 1.48 bits per heavy atom. The van der Waals surface area contributed by atoms with Gasteiger partial charge in [-0.3, -0.25) is 0 Å². The van der Waals surface area contributed by atoms with Gasteiger partial charge in [-0.15, -0.1) is 0 Å². The molecule has 8 aromatic carbocycles. The van der Waals surface area contributed by atoms with Gasteiger partial charge in [0.15, 0.2) is 0 Å². The van der Waals surface area contributed by atoms with Crippen LogP contribution in [-0.4, -0.2) is 9.13 Å². The maximum atomic E-state index is 14.0. The number of rotatable bonds is 5. The SMILES string of the molecule is [C-]#[N+]c1c(-n2c3ccccc3c3cc(-c4cc(C)cc(C(F)(F)F)c4)ccc32)ccc(-c2cc(C)cc(C#N)c2)c1-n1c2ccccc2c2cc(-c3cc(C)cc(C(F)(F)F)c3)ccc21. The van der Waals surface area contributed by atoms with Crippen molar-refractivity contribution >= 4 is 49.3 Å². The van der Waals surface area contributed by atoms with Crippen molar-refractivity contribution in [2.24, 2.45) is 0 Å². The summed E-state index contributed by atoms with van der Waals surface area (Å²) in [5.41, 5.74) is 8.51. The Kier molecular flexibility index (Phi) is 9.47. The van der Waals surface area contributed by atoms with E-state index in [9.17, 15) is 31.6 Å². The molecule has 0 radical (unpaired) electrons. The summed E-state index contributed by atoms with van der Waals surface area (Å²) in [6, 6.07) is 46.2. The molecule has 0 aliphatic heterocycles. The largest absolute Gasteiger partial charge is 0.416 e. The first-order valence-corrected chi connectivity index (χ1v) is 20.6. The van der Waals surface area contributed by atoms with Crippen LogP contribution in [0.25, 0.3) is 93.2 Å². The van der Waals surface area contributed by atoms with Crippen LogP contribution in [0.1, 0.15) is 33.4 Å². The van der Waals surface area contributed by atoms with E-state index < -0.39 is 23.5 Å². The molecule has 0 fully saturated rings. The third-order valence-corrected chi connectivity index (χ3v) is 12.0. The number of para-hydroxylation sites is 2. The van der Waals surface area contributed by atoms with E-state index in [0.717, 1.165) is 67.9 Å². The first-order chi connectivity index (χ1) is 31.1. The molecule has 0 amide bonds. The number of alkyl halides is 6. The van der Waals surface area contributed by atoms with Gasteiger partial charge < -0.3 is 9.13 Å². The number of nitrogens with zero attached hydrogens (tertiary/aromatic N) is 4. The fourth-order valence-corrected chi connectivity index (χ4v) is 9.35. The molecule has 2 heterocycles. The molecule has 0 aliphatic carbocycles. The third kappa shape index (κ3) is 6.95.